The SMILES string of the molecule is CCC(CC)C1CCC(C(=O)O)CC1. The molecule has 1 rings (SSSR count). The maximum atomic E-state index is 10.8. The van der Waals surface area contributed by atoms with Crippen molar-refractivity contribution >= 4 is 5.97 Å². The molecular weight excluding hydrogens is 176 g/mol. The molecule has 0 bridgehead atoms. The Balaban J connectivity index is 2.38. The van der Waals surface area contributed by atoms with E-state index in [0.29, 0.717) is 0 Å². The van der Waals surface area contributed by atoms with Crippen molar-refractivity contribution in [1.29, 1.82) is 0 Å². The minimum absolute atomic E-state index is 0.0550. The summed E-state index contributed by atoms with van der Waals surface area (Å²) >= 11 is 0. The van der Waals surface area contributed by atoms with Crippen LogP contribution in [0.15, 0.2) is 0 Å². The first-order chi connectivity index (χ1) is 6.69. The van der Waals surface area contributed by atoms with Gasteiger partial charge in [-0.05, 0) is 37.5 Å². The van der Waals surface area contributed by atoms with Gasteiger partial charge in [-0.1, -0.05) is 26.7 Å². The lowest BCUT2D eigenvalue weighted by Crippen LogP contribution is -2.25. The van der Waals surface area contributed by atoms with E-state index in [9.17, 15) is 4.79 Å². The molecule has 0 aliphatic heterocycles. The lowest BCUT2D eigenvalue weighted by Gasteiger charge is -2.31. The van der Waals surface area contributed by atoms with Crippen molar-refractivity contribution in [3.8, 4) is 0 Å². The van der Waals surface area contributed by atoms with Crippen molar-refractivity contribution in [2.24, 2.45) is 17.8 Å². The topological polar surface area (TPSA) is 37.3 Å². The van der Waals surface area contributed by atoms with E-state index in [-0.39, 0.29) is 5.92 Å². The first-order valence-electron chi connectivity index (χ1n) is 5.91. The van der Waals surface area contributed by atoms with E-state index < -0.39 is 5.97 Å². The smallest absolute Gasteiger partial charge is 0.306 e. The number of aliphatic carboxylic acids is 1. The van der Waals surface area contributed by atoms with E-state index in [4.69, 9.17) is 5.11 Å². The zero-order chi connectivity index (χ0) is 10.6. The van der Waals surface area contributed by atoms with Gasteiger partial charge in [-0.3, -0.25) is 4.79 Å². The molecule has 82 valence electrons. The molecule has 0 saturated heterocycles. The van der Waals surface area contributed by atoms with Crippen molar-refractivity contribution in [3.05, 3.63) is 0 Å². The zero-order valence-corrected chi connectivity index (χ0v) is 9.33. The summed E-state index contributed by atoms with van der Waals surface area (Å²) < 4.78 is 0. The Bertz CT molecular complexity index is 177. The fourth-order valence-electron chi connectivity index (χ4n) is 2.79. The summed E-state index contributed by atoms with van der Waals surface area (Å²) in [6.07, 6.45) is 6.55. The summed E-state index contributed by atoms with van der Waals surface area (Å²) in [5.41, 5.74) is 0. The van der Waals surface area contributed by atoms with Crippen LogP contribution in [-0.2, 0) is 4.79 Å². The molecule has 0 spiro atoms. The van der Waals surface area contributed by atoms with Crippen LogP contribution in [0.3, 0.4) is 0 Å². The van der Waals surface area contributed by atoms with Gasteiger partial charge in [0.05, 0.1) is 5.92 Å². The molecule has 1 N–H and O–H groups in total. The Hall–Kier alpha value is -0.530. The molecule has 0 radical (unpaired) electrons. The minimum Gasteiger partial charge on any atom is -0.481 e. The van der Waals surface area contributed by atoms with E-state index >= 15 is 0 Å². The van der Waals surface area contributed by atoms with Gasteiger partial charge in [-0.25, -0.2) is 0 Å². The summed E-state index contributed by atoms with van der Waals surface area (Å²) in [6, 6.07) is 0. The number of carboxylic acids is 1. The molecule has 0 amide bonds. The van der Waals surface area contributed by atoms with Crippen molar-refractivity contribution < 1.29 is 9.90 Å². The predicted molar refractivity (Wildman–Crippen MR) is 57.2 cm³/mol. The quantitative estimate of drug-likeness (QED) is 0.752. The summed E-state index contributed by atoms with van der Waals surface area (Å²) in [7, 11) is 0. The third-order valence-corrected chi connectivity index (χ3v) is 3.84. The summed E-state index contributed by atoms with van der Waals surface area (Å²) in [6.45, 7) is 4.49. The number of hydrogen-bond acceptors (Lipinski definition) is 1. The first-order valence-corrected chi connectivity index (χ1v) is 5.91. The third kappa shape index (κ3) is 2.73. The first kappa shape index (κ1) is 11.5. The Morgan fingerprint density at radius 3 is 2.07 bits per heavy atom. The van der Waals surface area contributed by atoms with Gasteiger partial charge in [0.25, 0.3) is 0 Å². The highest BCUT2D eigenvalue weighted by Crippen LogP contribution is 2.36. The molecule has 0 heterocycles. The number of rotatable bonds is 4. The van der Waals surface area contributed by atoms with Crippen LogP contribution in [0.25, 0.3) is 0 Å². The van der Waals surface area contributed by atoms with Crippen LogP contribution in [0.5, 0.6) is 0 Å². The summed E-state index contributed by atoms with van der Waals surface area (Å²) in [4.78, 5) is 10.8. The van der Waals surface area contributed by atoms with Crippen LogP contribution in [0.1, 0.15) is 52.4 Å². The highest BCUT2D eigenvalue weighted by molar-refractivity contribution is 5.69. The molecule has 14 heavy (non-hydrogen) atoms. The fourth-order valence-corrected chi connectivity index (χ4v) is 2.79. The average Bonchev–Trinajstić information content (AvgIpc) is 2.20. The molecular formula is C12H22O2. The van der Waals surface area contributed by atoms with Gasteiger partial charge in [0, 0.05) is 0 Å². The van der Waals surface area contributed by atoms with Crippen molar-refractivity contribution in [2.45, 2.75) is 52.4 Å². The Morgan fingerprint density at radius 1 is 1.21 bits per heavy atom. The Kier molecular flexibility index (Phi) is 4.43. The molecule has 1 saturated carbocycles. The maximum absolute atomic E-state index is 10.8. The van der Waals surface area contributed by atoms with Gasteiger partial charge >= 0.3 is 5.97 Å². The molecule has 1 aliphatic carbocycles. The molecule has 0 atom stereocenters. The Labute approximate surface area is 86.7 Å². The van der Waals surface area contributed by atoms with E-state index in [0.717, 1.165) is 37.5 Å². The molecule has 0 unspecified atom stereocenters. The van der Waals surface area contributed by atoms with Crippen LogP contribution in [0.2, 0.25) is 0 Å². The lowest BCUT2D eigenvalue weighted by atomic mass is 9.74. The maximum Gasteiger partial charge on any atom is 0.306 e. The van der Waals surface area contributed by atoms with Gasteiger partial charge < -0.3 is 5.11 Å². The monoisotopic (exact) mass is 198 g/mol. The molecule has 0 aromatic carbocycles. The average molecular weight is 198 g/mol. The normalized spacial score (nSPS) is 27.9. The van der Waals surface area contributed by atoms with E-state index in [1.165, 1.54) is 12.8 Å². The molecule has 1 aliphatic rings. The van der Waals surface area contributed by atoms with Gasteiger partial charge in [0.15, 0.2) is 0 Å². The number of carbonyl (C=O) groups is 1. The second-order valence-electron chi connectivity index (χ2n) is 4.53. The molecule has 2 heteroatoms. The molecule has 0 aromatic heterocycles. The zero-order valence-electron chi connectivity index (χ0n) is 9.33. The predicted octanol–water partition coefficient (Wildman–Crippen LogP) is 3.31. The van der Waals surface area contributed by atoms with Crippen molar-refractivity contribution in [1.82, 2.24) is 0 Å². The highest BCUT2D eigenvalue weighted by atomic mass is 16.4. The van der Waals surface area contributed by atoms with Crippen LogP contribution < -0.4 is 0 Å². The molecule has 1 fully saturated rings. The second kappa shape index (κ2) is 5.38. The van der Waals surface area contributed by atoms with E-state index in [1.54, 1.807) is 0 Å². The molecule has 0 aromatic rings. The number of hydrogen-bond donors (Lipinski definition) is 1. The standard InChI is InChI=1S/C12H22O2/c1-3-9(4-2)10-5-7-11(8-6-10)12(13)14/h9-11H,3-8H2,1-2H3,(H,13,14). The highest BCUT2D eigenvalue weighted by Gasteiger charge is 2.28. The Morgan fingerprint density at radius 2 is 1.71 bits per heavy atom. The van der Waals surface area contributed by atoms with Gasteiger partial charge in [0.2, 0.25) is 0 Å². The summed E-state index contributed by atoms with van der Waals surface area (Å²) in [5, 5.41) is 8.88. The van der Waals surface area contributed by atoms with Gasteiger partial charge in [0.1, 0.15) is 0 Å². The minimum atomic E-state index is -0.590. The molecule has 2 nitrogen and oxygen atoms in total. The fraction of sp³-hybridized carbons (Fsp3) is 0.917. The van der Waals surface area contributed by atoms with Gasteiger partial charge in [-0.2, -0.15) is 0 Å². The lowest BCUT2D eigenvalue weighted by molar-refractivity contribution is -0.143. The van der Waals surface area contributed by atoms with Crippen LogP contribution in [0, 0.1) is 17.8 Å². The van der Waals surface area contributed by atoms with Crippen LogP contribution >= 0.6 is 0 Å². The van der Waals surface area contributed by atoms with Crippen LogP contribution in [-0.4, -0.2) is 11.1 Å². The summed E-state index contributed by atoms with van der Waals surface area (Å²) in [5.74, 6) is 0.971. The van der Waals surface area contributed by atoms with E-state index in [1.807, 2.05) is 0 Å². The van der Waals surface area contributed by atoms with Gasteiger partial charge in [-0.15, -0.1) is 0 Å². The van der Waals surface area contributed by atoms with Crippen molar-refractivity contribution in [2.75, 3.05) is 0 Å². The number of carboxylic acid groups (broad SMARTS) is 1. The van der Waals surface area contributed by atoms with E-state index in [2.05, 4.69) is 13.8 Å². The van der Waals surface area contributed by atoms with Crippen molar-refractivity contribution in [3.63, 3.8) is 0 Å². The van der Waals surface area contributed by atoms with Crippen LogP contribution in [0.4, 0.5) is 0 Å². The third-order valence-electron chi connectivity index (χ3n) is 3.84. The second-order valence-corrected chi connectivity index (χ2v) is 4.53. The largest absolute Gasteiger partial charge is 0.481 e.